The Morgan fingerprint density at radius 3 is 2.77 bits per heavy atom. The molecule has 0 aromatic heterocycles. The lowest BCUT2D eigenvalue weighted by Crippen LogP contribution is -2.36. The third-order valence-electron chi connectivity index (χ3n) is 3.72. The second-order valence-corrected chi connectivity index (χ2v) is 7.82. The molecule has 0 radical (unpaired) electrons. The molecule has 5 nitrogen and oxygen atoms in total. The number of primary sulfonamides is 1. The highest BCUT2D eigenvalue weighted by Gasteiger charge is 2.43. The maximum atomic E-state index is 11.6. The van der Waals surface area contributed by atoms with Crippen LogP contribution in [0.2, 0.25) is 0 Å². The van der Waals surface area contributed by atoms with Gasteiger partial charge in [-0.3, -0.25) is 4.79 Å². The molecule has 1 amide bonds. The van der Waals surface area contributed by atoms with Crippen molar-refractivity contribution < 1.29 is 13.2 Å². The summed E-state index contributed by atoms with van der Waals surface area (Å²) in [6, 6.07) is 5.22. The molecule has 3 N–H and O–H groups in total. The molecule has 1 aliphatic heterocycles. The summed E-state index contributed by atoms with van der Waals surface area (Å²) in [4.78, 5) is 10.0. The minimum absolute atomic E-state index is 0.0949. The zero-order chi connectivity index (χ0) is 16.1. The summed E-state index contributed by atoms with van der Waals surface area (Å²) in [7, 11) is -3.95. The highest BCUT2D eigenvalue weighted by molar-refractivity contribution is 7.93. The van der Waals surface area contributed by atoms with Gasteiger partial charge < -0.3 is 5.32 Å². The number of benzene rings is 1. The predicted octanol–water partition coefficient (Wildman–Crippen LogP) is 1.96. The number of nitrogens with two attached hydrogens (primary N) is 1. The fourth-order valence-electron chi connectivity index (χ4n) is 2.59. The van der Waals surface area contributed by atoms with Gasteiger partial charge >= 0.3 is 0 Å². The van der Waals surface area contributed by atoms with Gasteiger partial charge in [-0.05, 0) is 23.3 Å². The molecule has 1 aromatic carbocycles. The summed E-state index contributed by atoms with van der Waals surface area (Å²) in [5.41, 5.74) is 2.11. The van der Waals surface area contributed by atoms with E-state index in [-0.39, 0.29) is 10.8 Å². The number of halogens is 2. The quantitative estimate of drug-likeness (QED) is 0.791. The number of sulfonamides is 1. The van der Waals surface area contributed by atoms with E-state index in [1.54, 1.807) is 24.3 Å². The Balaban J connectivity index is 2.05. The average Bonchev–Trinajstić information content (AvgIpc) is 2.79. The third kappa shape index (κ3) is 2.46. The van der Waals surface area contributed by atoms with Crippen molar-refractivity contribution in [1.29, 1.82) is 0 Å². The molecule has 1 aliphatic carbocycles. The highest BCUT2D eigenvalue weighted by atomic mass is 35.5. The molecular formula is C14H12Cl2N2O3S. The predicted molar refractivity (Wildman–Crippen MR) is 86.3 cm³/mol. The van der Waals surface area contributed by atoms with E-state index < -0.39 is 20.3 Å². The molecule has 0 saturated heterocycles. The lowest BCUT2D eigenvalue weighted by molar-refractivity contribution is -0.115. The minimum Gasteiger partial charge on any atom is -0.326 e. The van der Waals surface area contributed by atoms with Gasteiger partial charge in [-0.25, -0.2) is 13.6 Å². The van der Waals surface area contributed by atoms with Crippen molar-refractivity contribution in [2.75, 3.05) is 5.32 Å². The van der Waals surface area contributed by atoms with Crippen LogP contribution in [0.3, 0.4) is 0 Å². The molecule has 1 heterocycles. The standard InChI is InChI=1S/C14H12Cl2N2O3S/c15-13-11(22(17,20)21)2-1-5-14(13,16)9-4-3-8-6-12(19)18-10(8)7-9/h1-5,7,13H,6H2,(H,18,19)(H2,17,20,21). The van der Waals surface area contributed by atoms with Crippen LogP contribution in [0.1, 0.15) is 11.1 Å². The van der Waals surface area contributed by atoms with Crippen molar-refractivity contribution >= 4 is 44.8 Å². The van der Waals surface area contributed by atoms with Crippen molar-refractivity contribution in [2.45, 2.75) is 16.7 Å². The molecule has 0 saturated carbocycles. The molecular weight excluding hydrogens is 347 g/mol. The van der Waals surface area contributed by atoms with Gasteiger partial charge in [-0.15, -0.1) is 23.2 Å². The van der Waals surface area contributed by atoms with Gasteiger partial charge in [0.25, 0.3) is 0 Å². The van der Waals surface area contributed by atoms with E-state index in [1.165, 1.54) is 12.2 Å². The number of anilines is 1. The maximum Gasteiger partial charge on any atom is 0.235 e. The number of hydrogen-bond donors (Lipinski definition) is 2. The van der Waals surface area contributed by atoms with Crippen LogP contribution >= 0.6 is 23.2 Å². The van der Waals surface area contributed by atoms with E-state index in [2.05, 4.69) is 5.32 Å². The zero-order valence-electron chi connectivity index (χ0n) is 11.2. The summed E-state index contributed by atoms with van der Waals surface area (Å²) in [6.07, 6.45) is 4.77. The monoisotopic (exact) mass is 358 g/mol. The van der Waals surface area contributed by atoms with Crippen molar-refractivity contribution in [1.82, 2.24) is 0 Å². The van der Waals surface area contributed by atoms with Crippen LogP contribution in [0.5, 0.6) is 0 Å². The first kappa shape index (κ1) is 15.6. The number of allylic oxidation sites excluding steroid dienone is 4. The lowest BCUT2D eigenvalue weighted by Gasteiger charge is -2.32. The topological polar surface area (TPSA) is 89.3 Å². The van der Waals surface area contributed by atoms with E-state index in [0.29, 0.717) is 17.7 Å². The zero-order valence-corrected chi connectivity index (χ0v) is 13.5. The SMILES string of the molecule is NS(=O)(=O)C1=CC=CC(Cl)(c2ccc3c(c2)NC(=O)C3)C1Cl. The van der Waals surface area contributed by atoms with Crippen LogP contribution < -0.4 is 10.5 Å². The van der Waals surface area contributed by atoms with Gasteiger partial charge in [0, 0.05) is 5.69 Å². The molecule has 2 aliphatic rings. The van der Waals surface area contributed by atoms with E-state index in [0.717, 1.165) is 5.56 Å². The van der Waals surface area contributed by atoms with Gasteiger partial charge in [-0.2, -0.15) is 0 Å². The Morgan fingerprint density at radius 1 is 1.36 bits per heavy atom. The van der Waals surface area contributed by atoms with Gasteiger partial charge in [0.15, 0.2) is 0 Å². The van der Waals surface area contributed by atoms with E-state index >= 15 is 0 Å². The van der Waals surface area contributed by atoms with E-state index in [9.17, 15) is 13.2 Å². The largest absolute Gasteiger partial charge is 0.326 e. The van der Waals surface area contributed by atoms with Gasteiger partial charge in [0.05, 0.1) is 16.7 Å². The number of fused-ring (bicyclic) bond motifs is 1. The van der Waals surface area contributed by atoms with Crippen molar-refractivity contribution in [2.24, 2.45) is 5.14 Å². The Hall–Kier alpha value is -1.34. The number of hydrogen-bond acceptors (Lipinski definition) is 3. The minimum atomic E-state index is -3.95. The smallest absolute Gasteiger partial charge is 0.235 e. The fraction of sp³-hybridized carbons (Fsp3) is 0.214. The van der Waals surface area contributed by atoms with Crippen LogP contribution in [-0.4, -0.2) is 19.7 Å². The first-order chi connectivity index (χ1) is 10.2. The fourth-order valence-corrected chi connectivity index (χ4v) is 4.35. The molecule has 2 unspecified atom stereocenters. The summed E-state index contributed by atoms with van der Waals surface area (Å²) in [6.45, 7) is 0. The van der Waals surface area contributed by atoms with Gasteiger partial charge in [0.1, 0.15) is 4.87 Å². The van der Waals surface area contributed by atoms with Gasteiger partial charge in [0.2, 0.25) is 15.9 Å². The molecule has 0 bridgehead atoms. The van der Waals surface area contributed by atoms with Crippen molar-refractivity contribution in [3.63, 3.8) is 0 Å². The number of rotatable bonds is 2. The normalized spacial score (nSPS) is 27.3. The second-order valence-electron chi connectivity index (χ2n) is 5.20. The van der Waals surface area contributed by atoms with Crippen LogP contribution in [0.4, 0.5) is 5.69 Å². The first-order valence-electron chi connectivity index (χ1n) is 6.40. The third-order valence-corrected chi connectivity index (χ3v) is 6.14. The molecule has 3 rings (SSSR count). The van der Waals surface area contributed by atoms with Crippen LogP contribution in [0.25, 0.3) is 0 Å². The van der Waals surface area contributed by atoms with Crippen molar-refractivity contribution in [3.05, 3.63) is 52.5 Å². The van der Waals surface area contributed by atoms with Crippen LogP contribution in [-0.2, 0) is 26.1 Å². The Morgan fingerprint density at radius 2 is 2.09 bits per heavy atom. The molecule has 116 valence electrons. The molecule has 0 fully saturated rings. The summed E-state index contributed by atoms with van der Waals surface area (Å²) in [5, 5.41) is 6.85. The summed E-state index contributed by atoms with van der Waals surface area (Å²) < 4.78 is 23.2. The number of carbonyl (C=O) groups excluding carboxylic acids is 1. The lowest BCUT2D eigenvalue weighted by atomic mass is 9.90. The van der Waals surface area contributed by atoms with Crippen molar-refractivity contribution in [3.8, 4) is 0 Å². The maximum absolute atomic E-state index is 11.6. The Labute approximate surface area is 137 Å². The molecule has 1 aromatic rings. The number of nitrogens with one attached hydrogen (secondary N) is 1. The van der Waals surface area contributed by atoms with Crippen LogP contribution in [0, 0.1) is 0 Å². The summed E-state index contributed by atoms with van der Waals surface area (Å²) in [5.74, 6) is -0.0949. The van der Waals surface area contributed by atoms with E-state index in [1.807, 2.05) is 0 Å². The Bertz CT molecular complexity index is 832. The average molecular weight is 359 g/mol. The first-order valence-corrected chi connectivity index (χ1v) is 8.76. The molecule has 22 heavy (non-hydrogen) atoms. The number of alkyl halides is 2. The number of amides is 1. The number of carbonyl (C=O) groups is 1. The molecule has 0 spiro atoms. The Kier molecular flexibility index (Phi) is 3.60. The van der Waals surface area contributed by atoms with Gasteiger partial charge in [-0.1, -0.05) is 24.3 Å². The highest BCUT2D eigenvalue weighted by Crippen LogP contribution is 2.45. The van der Waals surface area contributed by atoms with Crippen LogP contribution in [0.15, 0.2) is 41.3 Å². The van der Waals surface area contributed by atoms with E-state index in [4.69, 9.17) is 28.3 Å². The summed E-state index contributed by atoms with van der Waals surface area (Å²) >= 11 is 12.9. The molecule has 2 atom stereocenters. The molecule has 8 heteroatoms. The second kappa shape index (κ2) is 5.09.